The van der Waals surface area contributed by atoms with Crippen LogP contribution in [0.25, 0.3) is 0 Å². The molecule has 0 radical (unpaired) electrons. The molecule has 0 aromatic heterocycles. The van der Waals surface area contributed by atoms with E-state index in [0.29, 0.717) is 19.3 Å². The summed E-state index contributed by atoms with van der Waals surface area (Å²) in [6, 6.07) is 0. The zero-order valence-electron chi connectivity index (χ0n) is 33.2. The van der Waals surface area contributed by atoms with Crippen LogP contribution in [0, 0.1) is 0 Å². The number of esters is 3. The first kappa shape index (κ1) is 47.8. The first-order valence-corrected chi connectivity index (χ1v) is 20.8. The van der Waals surface area contributed by atoms with Gasteiger partial charge in [0.25, 0.3) is 0 Å². The third kappa shape index (κ3) is 37.1. The van der Waals surface area contributed by atoms with Gasteiger partial charge < -0.3 is 19.1 Å². The van der Waals surface area contributed by atoms with Crippen LogP contribution in [-0.2, 0) is 28.6 Å². The lowest BCUT2D eigenvalue weighted by Gasteiger charge is -2.18. The summed E-state index contributed by atoms with van der Waals surface area (Å²) in [6.45, 7) is 5.08. The van der Waals surface area contributed by atoms with Gasteiger partial charge in [-0.3, -0.25) is 14.4 Å². The van der Waals surface area contributed by atoms with Crippen molar-refractivity contribution in [1.82, 2.24) is 4.90 Å². The van der Waals surface area contributed by atoms with Crippen molar-refractivity contribution in [2.75, 3.05) is 33.9 Å². The van der Waals surface area contributed by atoms with Gasteiger partial charge in [0.15, 0.2) is 6.10 Å². The second kappa shape index (κ2) is 38.1. The lowest BCUT2D eigenvalue weighted by atomic mass is 10.0. The van der Waals surface area contributed by atoms with Crippen molar-refractivity contribution in [3.8, 4) is 0 Å². The zero-order valence-corrected chi connectivity index (χ0v) is 33.2. The molecule has 0 aliphatic rings. The molecule has 0 heterocycles. The molecule has 7 heteroatoms. The molecule has 7 nitrogen and oxygen atoms in total. The molecule has 0 amide bonds. The van der Waals surface area contributed by atoms with Crippen LogP contribution >= 0.6 is 0 Å². The number of unbranched alkanes of at least 4 members (excludes halogenated alkanes) is 20. The van der Waals surface area contributed by atoms with E-state index in [1.165, 1.54) is 96.3 Å². The van der Waals surface area contributed by atoms with Gasteiger partial charge in [-0.1, -0.05) is 147 Å². The quantitative estimate of drug-likeness (QED) is 0.0275. The molecule has 0 fully saturated rings. The van der Waals surface area contributed by atoms with E-state index in [4.69, 9.17) is 14.2 Å². The molecule has 0 spiro atoms. The van der Waals surface area contributed by atoms with Crippen LogP contribution in [0.2, 0.25) is 0 Å². The molecule has 292 valence electrons. The molecule has 0 saturated carbocycles. The van der Waals surface area contributed by atoms with E-state index >= 15 is 0 Å². The standard InChI is InChI=1S/C43H79NO6/c1-5-7-9-11-13-15-17-19-20-22-24-26-28-30-32-35-42(46)49-39-40(50-43(47)36-33-37-44(3)4)38-48-41(45)34-31-29-27-25-23-21-18-16-14-12-10-8-6-2/h13,15,19-20,40H,5-12,14,16-18,21-39H2,1-4H3/b15-13-,20-19-/t40-/m0/s1. The van der Waals surface area contributed by atoms with Gasteiger partial charge in [0.2, 0.25) is 0 Å². The Morgan fingerprint density at radius 3 is 1.32 bits per heavy atom. The molecule has 0 N–H and O–H groups in total. The Morgan fingerprint density at radius 2 is 0.860 bits per heavy atom. The van der Waals surface area contributed by atoms with Crippen molar-refractivity contribution in [2.45, 2.75) is 200 Å². The SMILES string of the molecule is CCCCC/C=C\C/C=C\CCCCCCCC(=O)OC[C@H](COC(=O)CCCCCCCCCCCCCCC)OC(=O)CCCN(C)C. The molecule has 50 heavy (non-hydrogen) atoms. The fourth-order valence-electron chi connectivity index (χ4n) is 5.78. The maximum atomic E-state index is 12.4. The Balaban J connectivity index is 4.17. The summed E-state index contributed by atoms with van der Waals surface area (Å²) in [7, 11) is 3.91. The number of rotatable bonds is 37. The van der Waals surface area contributed by atoms with Crippen molar-refractivity contribution in [3.05, 3.63) is 24.3 Å². The van der Waals surface area contributed by atoms with Gasteiger partial charge in [0, 0.05) is 19.3 Å². The van der Waals surface area contributed by atoms with Gasteiger partial charge >= 0.3 is 17.9 Å². The van der Waals surface area contributed by atoms with E-state index in [2.05, 4.69) is 38.2 Å². The molecule has 1 atom stereocenters. The number of hydrogen-bond donors (Lipinski definition) is 0. The minimum Gasteiger partial charge on any atom is -0.462 e. The summed E-state index contributed by atoms with van der Waals surface area (Å²) in [5.41, 5.74) is 0. The van der Waals surface area contributed by atoms with E-state index in [1.807, 2.05) is 19.0 Å². The Kier molecular flexibility index (Phi) is 36.5. The molecule has 0 aromatic carbocycles. The highest BCUT2D eigenvalue weighted by molar-refractivity contribution is 5.71. The lowest BCUT2D eigenvalue weighted by molar-refractivity contribution is -0.167. The van der Waals surface area contributed by atoms with Crippen LogP contribution in [0.4, 0.5) is 0 Å². The molecule has 0 saturated heterocycles. The molecular weight excluding hydrogens is 626 g/mol. The topological polar surface area (TPSA) is 82.1 Å². The Labute approximate surface area is 308 Å². The number of carbonyl (C=O) groups excluding carboxylic acids is 3. The van der Waals surface area contributed by atoms with Crippen LogP contribution in [0.15, 0.2) is 24.3 Å². The molecule has 0 aliphatic carbocycles. The van der Waals surface area contributed by atoms with Crippen molar-refractivity contribution < 1.29 is 28.6 Å². The molecular formula is C43H79NO6. The minimum atomic E-state index is -0.786. The van der Waals surface area contributed by atoms with Crippen molar-refractivity contribution in [2.24, 2.45) is 0 Å². The average Bonchev–Trinajstić information content (AvgIpc) is 3.09. The Hall–Kier alpha value is -2.15. The number of hydrogen-bond acceptors (Lipinski definition) is 7. The van der Waals surface area contributed by atoms with E-state index < -0.39 is 6.10 Å². The van der Waals surface area contributed by atoms with Crippen LogP contribution in [0.3, 0.4) is 0 Å². The average molecular weight is 706 g/mol. The molecule has 0 unspecified atom stereocenters. The summed E-state index contributed by atoms with van der Waals surface area (Å²) in [5, 5.41) is 0. The third-order valence-electron chi connectivity index (χ3n) is 8.96. The number of nitrogens with zero attached hydrogens (tertiary/aromatic N) is 1. The van der Waals surface area contributed by atoms with Gasteiger partial charge in [0.05, 0.1) is 0 Å². The first-order chi connectivity index (χ1) is 24.4. The van der Waals surface area contributed by atoms with E-state index in [0.717, 1.165) is 64.3 Å². The van der Waals surface area contributed by atoms with Crippen LogP contribution in [-0.4, -0.2) is 62.8 Å². The maximum Gasteiger partial charge on any atom is 0.306 e. The second-order valence-electron chi connectivity index (χ2n) is 14.4. The fraction of sp³-hybridized carbons (Fsp3) is 0.837. The predicted molar refractivity (Wildman–Crippen MR) is 209 cm³/mol. The molecule has 0 aromatic rings. The highest BCUT2D eigenvalue weighted by Crippen LogP contribution is 2.14. The summed E-state index contributed by atoms with van der Waals surface area (Å²) >= 11 is 0. The van der Waals surface area contributed by atoms with Crippen LogP contribution in [0.5, 0.6) is 0 Å². The highest BCUT2D eigenvalue weighted by Gasteiger charge is 2.19. The molecule has 0 rings (SSSR count). The summed E-state index contributed by atoms with van der Waals surface area (Å²) in [5.74, 6) is -0.963. The Morgan fingerprint density at radius 1 is 0.480 bits per heavy atom. The zero-order chi connectivity index (χ0) is 36.8. The van der Waals surface area contributed by atoms with Crippen molar-refractivity contribution >= 4 is 17.9 Å². The smallest absolute Gasteiger partial charge is 0.306 e. The largest absolute Gasteiger partial charge is 0.462 e. The van der Waals surface area contributed by atoms with Gasteiger partial charge in [-0.25, -0.2) is 0 Å². The van der Waals surface area contributed by atoms with Gasteiger partial charge in [0.1, 0.15) is 13.2 Å². The minimum absolute atomic E-state index is 0.0896. The van der Waals surface area contributed by atoms with Gasteiger partial charge in [-0.05, 0) is 72.0 Å². The van der Waals surface area contributed by atoms with Crippen LogP contribution in [0.1, 0.15) is 194 Å². The van der Waals surface area contributed by atoms with Crippen molar-refractivity contribution in [3.63, 3.8) is 0 Å². The highest BCUT2D eigenvalue weighted by atomic mass is 16.6. The van der Waals surface area contributed by atoms with Crippen molar-refractivity contribution in [1.29, 1.82) is 0 Å². The van der Waals surface area contributed by atoms with Gasteiger partial charge in [-0.2, -0.15) is 0 Å². The van der Waals surface area contributed by atoms with E-state index in [1.54, 1.807) is 0 Å². The van der Waals surface area contributed by atoms with Gasteiger partial charge in [-0.15, -0.1) is 0 Å². The predicted octanol–water partition coefficient (Wildman–Crippen LogP) is 11.6. The molecule has 0 aliphatic heterocycles. The monoisotopic (exact) mass is 706 g/mol. The van der Waals surface area contributed by atoms with Crippen LogP contribution < -0.4 is 0 Å². The first-order valence-electron chi connectivity index (χ1n) is 20.8. The fourth-order valence-corrected chi connectivity index (χ4v) is 5.78. The summed E-state index contributed by atoms with van der Waals surface area (Å²) in [4.78, 5) is 39.3. The normalized spacial score (nSPS) is 12.3. The number of carbonyl (C=O) groups is 3. The maximum absolute atomic E-state index is 12.4. The van der Waals surface area contributed by atoms with E-state index in [9.17, 15) is 14.4 Å². The summed E-state index contributed by atoms with van der Waals surface area (Å²) < 4.78 is 16.5. The molecule has 0 bridgehead atoms. The lowest BCUT2D eigenvalue weighted by Crippen LogP contribution is -2.31. The Bertz CT molecular complexity index is 839. The second-order valence-corrected chi connectivity index (χ2v) is 14.4. The number of allylic oxidation sites excluding steroid dienone is 4. The summed E-state index contributed by atoms with van der Waals surface area (Å²) in [6.07, 6.45) is 38.6. The number of ether oxygens (including phenoxy) is 3. The van der Waals surface area contributed by atoms with E-state index in [-0.39, 0.29) is 37.5 Å². The third-order valence-corrected chi connectivity index (χ3v) is 8.96.